The zero-order chi connectivity index (χ0) is 13.0. The Balaban J connectivity index is 2.11. The van der Waals surface area contributed by atoms with E-state index in [4.69, 9.17) is 21.1 Å². The number of rotatable bonds is 5. The van der Waals surface area contributed by atoms with Crippen LogP contribution in [0.5, 0.6) is 11.5 Å². The molecule has 4 nitrogen and oxygen atoms in total. The average molecular weight is 285 g/mol. The number of methoxy groups -OCH3 is 2. The molecule has 0 radical (unpaired) electrons. The summed E-state index contributed by atoms with van der Waals surface area (Å²) in [6.45, 7) is 0.647. The molecule has 2 rings (SSSR count). The lowest BCUT2D eigenvalue weighted by atomic mass is 10.2. The minimum Gasteiger partial charge on any atom is -0.497 e. The van der Waals surface area contributed by atoms with Crippen molar-refractivity contribution in [2.24, 2.45) is 0 Å². The van der Waals surface area contributed by atoms with Crippen molar-refractivity contribution in [3.05, 3.63) is 33.7 Å². The molecule has 18 heavy (non-hydrogen) atoms. The van der Waals surface area contributed by atoms with E-state index in [1.54, 1.807) is 20.4 Å². The first-order valence-electron chi connectivity index (χ1n) is 5.29. The molecular formula is C12H13ClN2O2S. The number of aromatic nitrogens is 1. The van der Waals surface area contributed by atoms with Crippen molar-refractivity contribution in [2.75, 3.05) is 19.5 Å². The number of benzene rings is 1. The molecule has 0 fully saturated rings. The minimum atomic E-state index is 0.546. The SMILES string of the molecule is COc1ccc(OC)c(NCc2cnc(Cl)s2)c1. The van der Waals surface area contributed by atoms with Crippen molar-refractivity contribution < 1.29 is 9.47 Å². The maximum atomic E-state index is 5.78. The van der Waals surface area contributed by atoms with Crippen molar-refractivity contribution >= 4 is 28.6 Å². The second-order valence-electron chi connectivity index (χ2n) is 3.50. The van der Waals surface area contributed by atoms with Crippen LogP contribution in [0.1, 0.15) is 4.88 Å². The molecule has 1 N–H and O–H groups in total. The molecule has 96 valence electrons. The molecule has 0 bridgehead atoms. The Hall–Kier alpha value is -1.46. The molecule has 0 amide bonds. The summed E-state index contributed by atoms with van der Waals surface area (Å²) >= 11 is 7.23. The van der Waals surface area contributed by atoms with Gasteiger partial charge in [0.15, 0.2) is 4.47 Å². The molecule has 1 heterocycles. The predicted octanol–water partition coefficient (Wildman–Crippen LogP) is 3.43. The van der Waals surface area contributed by atoms with Gasteiger partial charge in [-0.25, -0.2) is 4.98 Å². The maximum absolute atomic E-state index is 5.78. The van der Waals surface area contributed by atoms with Crippen LogP contribution in [-0.4, -0.2) is 19.2 Å². The Labute approximate surface area is 115 Å². The van der Waals surface area contributed by atoms with E-state index in [9.17, 15) is 0 Å². The topological polar surface area (TPSA) is 43.4 Å². The molecule has 2 aromatic rings. The molecule has 0 spiro atoms. The van der Waals surface area contributed by atoms with Crippen molar-refractivity contribution in [1.82, 2.24) is 4.98 Å². The standard InChI is InChI=1S/C12H13ClN2O2S/c1-16-8-3-4-11(17-2)10(5-8)14-6-9-7-15-12(13)18-9/h3-5,7,14H,6H2,1-2H3. The van der Waals surface area contributed by atoms with E-state index in [1.807, 2.05) is 18.2 Å². The average Bonchev–Trinajstić information content (AvgIpc) is 2.81. The molecule has 0 saturated heterocycles. The van der Waals surface area contributed by atoms with Crippen molar-refractivity contribution in [2.45, 2.75) is 6.54 Å². The van der Waals surface area contributed by atoms with E-state index in [0.29, 0.717) is 11.0 Å². The molecule has 1 aromatic carbocycles. The van der Waals surface area contributed by atoms with Gasteiger partial charge in [-0.15, -0.1) is 11.3 Å². The maximum Gasteiger partial charge on any atom is 0.183 e. The van der Waals surface area contributed by atoms with Crippen molar-refractivity contribution in [3.63, 3.8) is 0 Å². The first-order chi connectivity index (χ1) is 8.72. The molecule has 0 atom stereocenters. The van der Waals surface area contributed by atoms with Gasteiger partial charge in [0.1, 0.15) is 11.5 Å². The van der Waals surface area contributed by atoms with Crippen LogP contribution in [0.4, 0.5) is 5.69 Å². The van der Waals surface area contributed by atoms with E-state index in [-0.39, 0.29) is 0 Å². The van der Waals surface area contributed by atoms with Gasteiger partial charge in [0.25, 0.3) is 0 Å². The number of halogens is 1. The highest BCUT2D eigenvalue weighted by atomic mass is 35.5. The van der Waals surface area contributed by atoms with Crippen molar-refractivity contribution in [3.8, 4) is 11.5 Å². The number of nitrogens with one attached hydrogen (secondary N) is 1. The van der Waals surface area contributed by atoms with Gasteiger partial charge < -0.3 is 14.8 Å². The van der Waals surface area contributed by atoms with Gasteiger partial charge in [-0.3, -0.25) is 0 Å². The summed E-state index contributed by atoms with van der Waals surface area (Å²) < 4.78 is 11.0. The number of anilines is 1. The monoisotopic (exact) mass is 284 g/mol. The number of ether oxygens (including phenoxy) is 2. The van der Waals surface area contributed by atoms with Crippen LogP contribution in [-0.2, 0) is 6.54 Å². The fourth-order valence-corrected chi connectivity index (χ4v) is 2.42. The van der Waals surface area contributed by atoms with Gasteiger partial charge >= 0.3 is 0 Å². The van der Waals surface area contributed by atoms with Gasteiger partial charge in [-0.05, 0) is 12.1 Å². The number of hydrogen-bond acceptors (Lipinski definition) is 5. The predicted molar refractivity (Wildman–Crippen MR) is 74.0 cm³/mol. The summed E-state index contributed by atoms with van der Waals surface area (Å²) in [7, 11) is 3.27. The van der Waals surface area contributed by atoms with Crippen LogP contribution in [0.3, 0.4) is 0 Å². The number of nitrogens with zero attached hydrogens (tertiary/aromatic N) is 1. The van der Waals surface area contributed by atoms with Crippen molar-refractivity contribution in [1.29, 1.82) is 0 Å². The highest BCUT2D eigenvalue weighted by Crippen LogP contribution is 2.29. The van der Waals surface area contributed by atoms with Crippen LogP contribution >= 0.6 is 22.9 Å². The third-order valence-electron chi connectivity index (χ3n) is 2.39. The summed E-state index contributed by atoms with van der Waals surface area (Å²) in [5.41, 5.74) is 0.876. The first kappa shape index (κ1) is 13.0. The van der Waals surface area contributed by atoms with E-state index >= 15 is 0 Å². The van der Waals surface area contributed by atoms with Gasteiger partial charge in [0.05, 0.1) is 26.5 Å². The number of hydrogen-bond donors (Lipinski definition) is 1. The van der Waals surface area contributed by atoms with Gasteiger partial charge in [-0.1, -0.05) is 11.6 Å². The highest BCUT2D eigenvalue weighted by Gasteiger charge is 2.06. The van der Waals surface area contributed by atoms with E-state index < -0.39 is 0 Å². The largest absolute Gasteiger partial charge is 0.497 e. The summed E-state index contributed by atoms with van der Waals surface area (Å²) in [6.07, 6.45) is 1.76. The van der Waals surface area contributed by atoms with Gasteiger partial charge in [0, 0.05) is 17.1 Å². The minimum absolute atomic E-state index is 0.546. The summed E-state index contributed by atoms with van der Waals surface area (Å²) in [5, 5.41) is 3.28. The third kappa shape index (κ3) is 3.05. The van der Waals surface area contributed by atoms with Crippen LogP contribution in [0.15, 0.2) is 24.4 Å². The molecule has 1 aromatic heterocycles. The Bertz CT molecular complexity index is 531. The molecule has 0 unspecified atom stereocenters. The highest BCUT2D eigenvalue weighted by molar-refractivity contribution is 7.15. The van der Waals surface area contributed by atoms with Crippen LogP contribution in [0.25, 0.3) is 0 Å². The quantitative estimate of drug-likeness (QED) is 0.913. The Morgan fingerprint density at radius 3 is 2.78 bits per heavy atom. The number of thiazole rings is 1. The van der Waals surface area contributed by atoms with E-state index in [2.05, 4.69) is 10.3 Å². The van der Waals surface area contributed by atoms with Crippen LogP contribution in [0, 0.1) is 0 Å². The Morgan fingerprint density at radius 2 is 2.17 bits per heavy atom. The molecule has 0 aliphatic rings. The smallest absolute Gasteiger partial charge is 0.183 e. The van der Waals surface area contributed by atoms with Gasteiger partial charge in [0.2, 0.25) is 0 Å². The molecule has 0 aliphatic carbocycles. The normalized spacial score (nSPS) is 10.2. The third-order valence-corrected chi connectivity index (χ3v) is 3.50. The fourth-order valence-electron chi connectivity index (χ4n) is 1.50. The second kappa shape index (κ2) is 5.93. The lowest BCUT2D eigenvalue weighted by molar-refractivity contribution is 0.404. The lowest BCUT2D eigenvalue weighted by Crippen LogP contribution is -2.00. The van der Waals surface area contributed by atoms with Crippen LogP contribution < -0.4 is 14.8 Å². The Kier molecular flexibility index (Phi) is 4.28. The first-order valence-corrected chi connectivity index (χ1v) is 6.48. The fraction of sp³-hybridized carbons (Fsp3) is 0.250. The summed E-state index contributed by atoms with van der Waals surface area (Å²) in [5.74, 6) is 1.55. The second-order valence-corrected chi connectivity index (χ2v) is 5.20. The summed E-state index contributed by atoms with van der Waals surface area (Å²) in [4.78, 5) is 5.05. The molecule has 0 saturated carbocycles. The zero-order valence-corrected chi connectivity index (χ0v) is 11.6. The van der Waals surface area contributed by atoms with E-state index in [1.165, 1.54) is 11.3 Å². The van der Waals surface area contributed by atoms with Crippen LogP contribution in [0.2, 0.25) is 4.47 Å². The molecular weight excluding hydrogens is 272 g/mol. The van der Waals surface area contributed by atoms with Gasteiger partial charge in [-0.2, -0.15) is 0 Å². The van der Waals surface area contributed by atoms with E-state index in [0.717, 1.165) is 22.1 Å². The zero-order valence-electron chi connectivity index (χ0n) is 10.1. The molecule has 6 heteroatoms. The Morgan fingerprint density at radius 1 is 1.33 bits per heavy atom. The lowest BCUT2D eigenvalue weighted by Gasteiger charge is -2.11. The summed E-state index contributed by atoms with van der Waals surface area (Å²) in [6, 6.07) is 5.61. The molecule has 0 aliphatic heterocycles.